The Bertz CT molecular complexity index is 408. The molecule has 1 heterocycles. The van der Waals surface area contributed by atoms with Crippen LogP contribution in [0.4, 0.5) is 5.69 Å². The fourth-order valence-electron chi connectivity index (χ4n) is 2.22. The topological polar surface area (TPSA) is 51.1 Å². The van der Waals surface area contributed by atoms with Gasteiger partial charge in [0, 0.05) is 37.9 Å². The maximum absolute atomic E-state index is 8.91. The molecule has 1 atom stereocenters. The van der Waals surface area contributed by atoms with Crippen molar-refractivity contribution in [1.82, 2.24) is 10.6 Å². The van der Waals surface area contributed by atoms with Crippen molar-refractivity contribution in [3.8, 4) is 6.07 Å². The van der Waals surface area contributed by atoms with Crippen molar-refractivity contribution in [2.45, 2.75) is 6.04 Å². The van der Waals surface area contributed by atoms with Crippen LogP contribution in [0.25, 0.3) is 0 Å². The van der Waals surface area contributed by atoms with E-state index in [1.807, 2.05) is 25.2 Å². The maximum atomic E-state index is 8.91. The highest BCUT2D eigenvalue weighted by Crippen LogP contribution is 2.17. The Hall–Kier alpha value is -1.57. The molecule has 90 valence electrons. The molecule has 2 rings (SSSR count). The molecule has 0 amide bonds. The van der Waals surface area contributed by atoms with Gasteiger partial charge in [0.15, 0.2) is 0 Å². The van der Waals surface area contributed by atoms with Crippen molar-refractivity contribution in [2.75, 3.05) is 38.1 Å². The Morgan fingerprint density at radius 1 is 1.59 bits per heavy atom. The van der Waals surface area contributed by atoms with E-state index in [9.17, 15) is 0 Å². The first-order valence-corrected chi connectivity index (χ1v) is 5.96. The minimum atomic E-state index is 0.472. The zero-order valence-electron chi connectivity index (χ0n) is 10.1. The molecule has 1 fully saturated rings. The smallest absolute Gasteiger partial charge is 0.0992 e. The third kappa shape index (κ3) is 2.96. The van der Waals surface area contributed by atoms with Crippen LogP contribution in [0, 0.1) is 11.3 Å². The first-order chi connectivity index (χ1) is 8.33. The lowest BCUT2D eigenvalue weighted by molar-refractivity contribution is 0.443. The van der Waals surface area contributed by atoms with Gasteiger partial charge in [0.1, 0.15) is 0 Å². The van der Waals surface area contributed by atoms with Crippen molar-refractivity contribution in [3.63, 3.8) is 0 Å². The molecule has 0 bridgehead atoms. The van der Waals surface area contributed by atoms with Gasteiger partial charge in [-0.3, -0.25) is 0 Å². The van der Waals surface area contributed by atoms with E-state index < -0.39 is 0 Å². The second kappa shape index (κ2) is 5.67. The van der Waals surface area contributed by atoms with Gasteiger partial charge in [-0.05, 0) is 25.2 Å². The lowest BCUT2D eigenvalue weighted by Crippen LogP contribution is -2.54. The van der Waals surface area contributed by atoms with Crippen LogP contribution in [0.5, 0.6) is 0 Å². The third-order valence-electron chi connectivity index (χ3n) is 3.05. The van der Waals surface area contributed by atoms with Crippen molar-refractivity contribution < 1.29 is 0 Å². The van der Waals surface area contributed by atoms with Crippen molar-refractivity contribution in [2.24, 2.45) is 0 Å². The third-order valence-corrected chi connectivity index (χ3v) is 3.05. The van der Waals surface area contributed by atoms with E-state index in [1.165, 1.54) is 0 Å². The summed E-state index contributed by atoms with van der Waals surface area (Å²) in [7, 11) is 1.97. The minimum absolute atomic E-state index is 0.472. The van der Waals surface area contributed by atoms with Crippen LogP contribution in [-0.2, 0) is 0 Å². The van der Waals surface area contributed by atoms with Crippen LogP contribution in [0.1, 0.15) is 5.56 Å². The summed E-state index contributed by atoms with van der Waals surface area (Å²) in [6, 6.07) is 10.5. The van der Waals surface area contributed by atoms with Gasteiger partial charge in [0.25, 0.3) is 0 Å². The molecule has 0 radical (unpaired) electrons. The molecule has 2 N–H and O–H groups in total. The molecule has 1 aromatic carbocycles. The molecule has 17 heavy (non-hydrogen) atoms. The molecule has 1 aliphatic heterocycles. The first kappa shape index (κ1) is 11.9. The van der Waals surface area contributed by atoms with E-state index in [4.69, 9.17) is 5.26 Å². The fourth-order valence-corrected chi connectivity index (χ4v) is 2.22. The van der Waals surface area contributed by atoms with Gasteiger partial charge >= 0.3 is 0 Å². The van der Waals surface area contributed by atoms with Gasteiger partial charge < -0.3 is 15.5 Å². The van der Waals surface area contributed by atoms with Crippen molar-refractivity contribution >= 4 is 5.69 Å². The fraction of sp³-hybridized carbons (Fsp3) is 0.462. The van der Waals surface area contributed by atoms with E-state index in [1.54, 1.807) is 0 Å². The molecule has 1 aliphatic rings. The van der Waals surface area contributed by atoms with E-state index in [0.717, 1.165) is 37.4 Å². The molecular formula is C13H18N4. The standard InChI is InChI=1S/C13H18N4/c1-15-9-12-10-17(6-5-16-12)13-4-2-3-11(7-13)8-14/h2-4,7,12,15-16H,5-6,9-10H2,1H3. The van der Waals surface area contributed by atoms with Crippen LogP contribution in [0.15, 0.2) is 24.3 Å². The molecule has 0 aliphatic carbocycles. The van der Waals surface area contributed by atoms with Crippen LogP contribution in [-0.4, -0.2) is 39.3 Å². The summed E-state index contributed by atoms with van der Waals surface area (Å²) in [6.07, 6.45) is 0. The molecule has 0 spiro atoms. The molecule has 1 saturated heterocycles. The Labute approximate surface area is 102 Å². The van der Waals surface area contributed by atoms with Crippen LogP contribution in [0.2, 0.25) is 0 Å². The minimum Gasteiger partial charge on any atom is -0.369 e. The summed E-state index contributed by atoms with van der Waals surface area (Å²) in [4.78, 5) is 2.33. The summed E-state index contributed by atoms with van der Waals surface area (Å²) >= 11 is 0. The highest BCUT2D eigenvalue weighted by atomic mass is 15.2. The van der Waals surface area contributed by atoms with Gasteiger partial charge in [-0.2, -0.15) is 5.26 Å². The number of benzene rings is 1. The second-order valence-electron chi connectivity index (χ2n) is 4.32. The number of likely N-dealkylation sites (N-methyl/N-ethyl adjacent to an activating group) is 1. The average Bonchev–Trinajstić information content (AvgIpc) is 2.40. The largest absolute Gasteiger partial charge is 0.369 e. The summed E-state index contributed by atoms with van der Waals surface area (Å²) in [5.74, 6) is 0. The second-order valence-corrected chi connectivity index (χ2v) is 4.32. The van der Waals surface area contributed by atoms with Crippen LogP contribution < -0.4 is 15.5 Å². The van der Waals surface area contributed by atoms with E-state index in [2.05, 4.69) is 27.7 Å². The predicted octanol–water partition coefficient (Wildman–Crippen LogP) is 0.556. The molecule has 0 saturated carbocycles. The molecule has 1 aromatic rings. The normalized spacial score (nSPS) is 20.0. The Balaban J connectivity index is 2.08. The number of nitrogens with one attached hydrogen (secondary N) is 2. The monoisotopic (exact) mass is 230 g/mol. The number of hydrogen-bond acceptors (Lipinski definition) is 4. The van der Waals surface area contributed by atoms with E-state index in [-0.39, 0.29) is 0 Å². The number of anilines is 1. The number of nitrogens with zero attached hydrogens (tertiary/aromatic N) is 2. The lowest BCUT2D eigenvalue weighted by atomic mass is 10.1. The van der Waals surface area contributed by atoms with Crippen molar-refractivity contribution in [1.29, 1.82) is 5.26 Å². The molecular weight excluding hydrogens is 212 g/mol. The van der Waals surface area contributed by atoms with Gasteiger partial charge in [-0.25, -0.2) is 0 Å². The SMILES string of the molecule is CNCC1CN(c2cccc(C#N)c2)CCN1. The zero-order valence-corrected chi connectivity index (χ0v) is 10.1. The summed E-state index contributed by atoms with van der Waals surface area (Å²) in [5.41, 5.74) is 1.87. The van der Waals surface area contributed by atoms with Crippen molar-refractivity contribution in [3.05, 3.63) is 29.8 Å². The number of hydrogen-bond donors (Lipinski definition) is 2. The summed E-state index contributed by atoms with van der Waals surface area (Å²) in [6.45, 7) is 3.93. The van der Waals surface area contributed by atoms with Gasteiger partial charge in [-0.1, -0.05) is 6.07 Å². The van der Waals surface area contributed by atoms with E-state index in [0.29, 0.717) is 6.04 Å². The van der Waals surface area contributed by atoms with Crippen LogP contribution >= 0.6 is 0 Å². The average molecular weight is 230 g/mol. The van der Waals surface area contributed by atoms with Gasteiger partial charge in [0.2, 0.25) is 0 Å². The van der Waals surface area contributed by atoms with Gasteiger partial charge in [0.05, 0.1) is 11.6 Å². The molecule has 4 heteroatoms. The highest BCUT2D eigenvalue weighted by Gasteiger charge is 2.18. The van der Waals surface area contributed by atoms with Gasteiger partial charge in [-0.15, -0.1) is 0 Å². The lowest BCUT2D eigenvalue weighted by Gasteiger charge is -2.35. The number of nitriles is 1. The molecule has 4 nitrogen and oxygen atoms in total. The highest BCUT2D eigenvalue weighted by molar-refractivity contribution is 5.52. The molecule has 1 unspecified atom stereocenters. The Morgan fingerprint density at radius 2 is 2.47 bits per heavy atom. The Morgan fingerprint density at radius 3 is 3.24 bits per heavy atom. The van der Waals surface area contributed by atoms with E-state index >= 15 is 0 Å². The maximum Gasteiger partial charge on any atom is 0.0992 e. The molecule has 0 aromatic heterocycles. The summed E-state index contributed by atoms with van der Waals surface area (Å²) in [5, 5.41) is 15.6. The predicted molar refractivity (Wildman–Crippen MR) is 69.1 cm³/mol. The summed E-state index contributed by atoms with van der Waals surface area (Å²) < 4.78 is 0. The van der Waals surface area contributed by atoms with Crippen LogP contribution in [0.3, 0.4) is 0 Å². The quantitative estimate of drug-likeness (QED) is 0.796. The number of rotatable bonds is 3. The number of piperazine rings is 1. The first-order valence-electron chi connectivity index (χ1n) is 5.96. The Kier molecular flexibility index (Phi) is 3.97. The zero-order chi connectivity index (χ0) is 12.1.